The maximum absolute atomic E-state index is 13.7. The van der Waals surface area contributed by atoms with E-state index in [1.54, 1.807) is 30.3 Å². The van der Waals surface area contributed by atoms with E-state index in [9.17, 15) is 14.4 Å². The average molecular weight is 527 g/mol. The second-order valence-electron chi connectivity index (χ2n) is 8.79. The summed E-state index contributed by atoms with van der Waals surface area (Å²) in [4.78, 5) is 46.9. The summed E-state index contributed by atoms with van der Waals surface area (Å²) in [5.41, 5.74) is 2.36. The van der Waals surface area contributed by atoms with Crippen molar-refractivity contribution in [1.82, 2.24) is 9.96 Å². The summed E-state index contributed by atoms with van der Waals surface area (Å²) in [6.45, 7) is 5.20. The third-order valence-electron chi connectivity index (χ3n) is 6.35. The summed E-state index contributed by atoms with van der Waals surface area (Å²) in [5.74, 6) is -0.602. The molecule has 2 aliphatic heterocycles. The first-order chi connectivity index (χ1) is 18.5. The van der Waals surface area contributed by atoms with Gasteiger partial charge in [0.2, 0.25) is 0 Å². The minimum Gasteiger partial charge on any atom is -0.448 e. The van der Waals surface area contributed by atoms with Crippen LogP contribution in [0.4, 0.5) is 0 Å². The summed E-state index contributed by atoms with van der Waals surface area (Å²) in [5, 5.41) is 0.581. The Morgan fingerprint density at radius 2 is 1.53 bits per heavy atom. The van der Waals surface area contributed by atoms with Gasteiger partial charge in [0.05, 0.1) is 0 Å². The van der Waals surface area contributed by atoms with E-state index < -0.39 is 35.3 Å². The van der Waals surface area contributed by atoms with E-state index in [2.05, 4.69) is 6.58 Å². The van der Waals surface area contributed by atoms with Crippen molar-refractivity contribution in [3.05, 3.63) is 126 Å². The van der Waals surface area contributed by atoms with Crippen LogP contribution in [0.3, 0.4) is 0 Å². The molecule has 0 N–H and O–H groups in total. The van der Waals surface area contributed by atoms with Crippen LogP contribution in [0.1, 0.15) is 24.2 Å². The number of hydrogen-bond donors (Lipinski definition) is 0. The summed E-state index contributed by atoms with van der Waals surface area (Å²) in [6, 6.07) is 26.8. The standard InChI is InChI=1S/C30H26N2O5S/c1-3-21-19-38-29-26(32(20(2)33)37-24-17-11-6-12-18-24)28(34)31(29)25(21)30(35)36-27(22-13-7-4-8-14-22)23-15-9-5-10-16-23/h3-18,26-27,29H,1,19H2,2H3/t26?,29-/m0/s1. The molecule has 1 fully saturated rings. The van der Waals surface area contributed by atoms with E-state index in [4.69, 9.17) is 9.57 Å². The molecule has 5 rings (SSSR count). The minimum absolute atomic E-state index is 0.144. The Bertz CT molecular complexity index is 1340. The molecule has 3 aromatic carbocycles. The van der Waals surface area contributed by atoms with Crippen LogP contribution in [0.5, 0.6) is 5.75 Å². The number of thioether (sulfide) groups is 1. The average Bonchev–Trinajstić information content (AvgIpc) is 2.96. The number of carbonyl (C=O) groups is 3. The van der Waals surface area contributed by atoms with Crippen molar-refractivity contribution in [2.24, 2.45) is 0 Å². The van der Waals surface area contributed by atoms with Crippen molar-refractivity contribution < 1.29 is 24.0 Å². The Hall–Kier alpha value is -4.30. The number of β-lactam (4-membered cyclic amide) rings is 1. The first kappa shape index (κ1) is 25.4. The summed E-state index contributed by atoms with van der Waals surface area (Å²) < 4.78 is 6.07. The van der Waals surface area contributed by atoms with E-state index >= 15 is 0 Å². The zero-order valence-corrected chi connectivity index (χ0v) is 21.5. The maximum atomic E-state index is 13.7. The second-order valence-corrected chi connectivity index (χ2v) is 9.89. The number of rotatable bonds is 8. The molecule has 0 spiro atoms. The van der Waals surface area contributed by atoms with Crippen molar-refractivity contribution in [1.29, 1.82) is 0 Å². The molecule has 0 radical (unpaired) electrons. The summed E-state index contributed by atoms with van der Waals surface area (Å²) in [6.07, 6.45) is 0.905. The van der Waals surface area contributed by atoms with Gasteiger partial charge in [0.25, 0.3) is 11.8 Å². The van der Waals surface area contributed by atoms with Crippen LogP contribution in [0.15, 0.2) is 115 Å². The zero-order chi connectivity index (χ0) is 26.6. The fourth-order valence-electron chi connectivity index (χ4n) is 4.51. The first-order valence-corrected chi connectivity index (χ1v) is 13.2. The Morgan fingerprint density at radius 3 is 2.05 bits per heavy atom. The number of carbonyl (C=O) groups excluding carboxylic acids is 3. The van der Waals surface area contributed by atoms with E-state index in [1.165, 1.54) is 23.6 Å². The first-order valence-electron chi connectivity index (χ1n) is 12.1. The number of benzene rings is 3. The molecule has 2 aliphatic rings. The van der Waals surface area contributed by atoms with Gasteiger partial charge in [-0.25, -0.2) is 4.79 Å². The number of allylic oxidation sites excluding steroid dienone is 1. The quantitative estimate of drug-likeness (QED) is 0.237. The molecule has 2 atom stereocenters. The molecule has 0 saturated carbocycles. The molecule has 8 heteroatoms. The fourth-order valence-corrected chi connectivity index (χ4v) is 5.88. The lowest BCUT2D eigenvalue weighted by Gasteiger charge is -2.51. The van der Waals surface area contributed by atoms with Crippen LogP contribution in [0.25, 0.3) is 0 Å². The Morgan fingerprint density at radius 1 is 0.974 bits per heavy atom. The van der Waals surface area contributed by atoms with Gasteiger partial charge in [-0.1, -0.05) is 91.5 Å². The van der Waals surface area contributed by atoms with Crippen molar-refractivity contribution in [2.75, 3.05) is 5.75 Å². The van der Waals surface area contributed by atoms with E-state index in [1.807, 2.05) is 66.7 Å². The smallest absolute Gasteiger partial charge is 0.356 e. The van der Waals surface area contributed by atoms with Crippen LogP contribution < -0.4 is 4.84 Å². The monoisotopic (exact) mass is 526 g/mol. The highest BCUT2D eigenvalue weighted by atomic mass is 32.2. The van der Waals surface area contributed by atoms with Crippen molar-refractivity contribution in [2.45, 2.75) is 24.4 Å². The molecule has 38 heavy (non-hydrogen) atoms. The highest BCUT2D eigenvalue weighted by molar-refractivity contribution is 8.00. The summed E-state index contributed by atoms with van der Waals surface area (Å²) in [7, 11) is 0. The highest BCUT2D eigenvalue weighted by Gasteiger charge is 2.58. The number of amides is 2. The second kappa shape index (κ2) is 11.0. The number of hydrogen-bond acceptors (Lipinski definition) is 6. The number of para-hydroxylation sites is 1. The van der Waals surface area contributed by atoms with Gasteiger partial charge in [-0.2, -0.15) is 5.06 Å². The lowest BCUT2D eigenvalue weighted by Crippen LogP contribution is -2.71. The molecule has 0 bridgehead atoms. The largest absolute Gasteiger partial charge is 0.448 e. The molecule has 192 valence electrons. The van der Waals surface area contributed by atoms with Crippen molar-refractivity contribution in [3.8, 4) is 5.75 Å². The zero-order valence-electron chi connectivity index (χ0n) is 20.7. The van der Waals surface area contributed by atoms with Crippen molar-refractivity contribution in [3.63, 3.8) is 0 Å². The van der Waals surface area contributed by atoms with Crippen LogP contribution in [-0.2, 0) is 19.1 Å². The SMILES string of the molecule is C=CC1=C(C(=O)OC(c2ccccc2)c2ccccc2)N2C(=O)C(N(Oc3ccccc3)C(C)=O)[C@@H]2SC1. The van der Waals surface area contributed by atoms with Gasteiger partial charge in [-0.15, -0.1) is 11.8 Å². The van der Waals surface area contributed by atoms with Gasteiger partial charge in [-0.3, -0.25) is 14.5 Å². The third kappa shape index (κ3) is 4.82. The van der Waals surface area contributed by atoms with Gasteiger partial charge in [0.15, 0.2) is 17.9 Å². The number of hydroxylamine groups is 2. The van der Waals surface area contributed by atoms with Gasteiger partial charge in [-0.05, 0) is 28.8 Å². The molecule has 0 aromatic heterocycles. The molecule has 1 saturated heterocycles. The molecule has 2 amide bonds. The number of esters is 1. The molecule has 7 nitrogen and oxygen atoms in total. The van der Waals surface area contributed by atoms with E-state index in [0.717, 1.165) is 16.2 Å². The molecule has 0 aliphatic carbocycles. The molecule has 1 unspecified atom stereocenters. The predicted octanol–water partition coefficient (Wildman–Crippen LogP) is 4.89. The number of fused-ring (bicyclic) bond motifs is 1. The number of nitrogens with zero attached hydrogens (tertiary/aromatic N) is 2. The predicted molar refractivity (Wildman–Crippen MR) is 145 cm³/mol. The summed E-state index contributed by atoms with van der Waals surface area (Å²) >= 11 is 1.44. The van der Waals surface area contributed by atoms with Gasteiger partial charge in [0, 0.05) is 12.7 Å². The Labute approximate surface area is 225 Å². The lowest BCUT2D eigenvalue weighted by atomic mass is 10.0. The maximum Gasteiger partial charge on any atom is 0.356 e. The molecular formula is C30H26N2O5S. The van der Waals surface area contributed by atoms with Gasteiger partial charge >= 0.3 is 5.97 Å². The lowest BCUT2D eigenvalue weighted by molar-refractivity contribution is -0.188. The van der Waals surface area contributed by atoms with Gasteiger partial charge in [0.1, 0.15) is 11.1 Å². The minimum atomic E-state index is -0.883. The van der Waals surface area contributed by atoms with Crippen LogP contribution in [0.2, 0.25) is 0 Å². The van der Waals surface area contributed by atoms with Crippen molar-refractivity contribution >= 4 is 29.5 Å². The third-order valence-corrected chi connectivity index (χ3v) is 7.64. The van der Waals surface area contributed by atoms with Crippen LogP contribution in [0, 0.1) is 0 Å². The molecular weight excluding hydrogens is 500 g/mol. The van der Waals surface area contributed by atoms with Crippen LogP contribution in [-0.4, -0.2) is 44.9 Å². The number of ether oxygens (including phenoxy) is 1. The Balaban J connectivity index is 1.43. The Kier molecular flexibility index (Phi) is 7.33. The molecule has 3 aromatic rings. The van der Waals surface area contributed by atoms with Gasteiger partial charge < -0.3 is 9.57 Å². The van der Waals surface area contributed by atoms with Crippen LogP contribution >= 0.6 is 11.8 Å². The van der Waals surface area contributed by atoms with E-state index in [-0.39, 0.29) is 5.70 Å². The van der Waals surface area contributed by atoms with E-state index in [0.29, 0.717) is 17.1 Å². The highest BCUT2D eigenvalue weighted by Crippen LogP contribution is 2.44. The molecule has 2 heterocycles. The normalized spacial score (nSPS) is 18.4. The fraction of sp³-hybridized carbons (Fsp3) is 0.167. The topological polar surface area (TPSA) is 76.2 Å².